The third-order valence-corrected chi connectivity index (χ3v) is 4.71. The highest BCUT2D eigenvalue weighted by atomic mass is 16.5. The van der Waals surface area contributed by atoms with Crippen molar-refractivity contribution in [1.82, 2.24) is 4.98 Å². The van der Waals surface area contributed by atoms with Crippen molar-refractivity contribution < 1.29 is 14.3 Å². The molecule has 0 spiro atoms. The number of hydrogen-bond acceptors (Lipinski definition) is 5. The summed E-state index contributed by atoms with van der Waals surface area (Å²) in [6, 6.07) is 10.4. The van der Waals surface area contributed by atoms with E-state index in [0.717, 1.165) is 24.7 Å². The van der Waals surface area contributed by atoms with E-state index in [2.05, 4.69) is 22.1 Å². The summed E-state index contributed by atoms with van der Waals surface area (Å²) in [5.74, 6) is -0.0946. The number of ether oxygens (including phenoxy) is 1. The van der Waals surface area contributed by atoms with E-state index in [1.807, 2.05) is 6.07 Å². The third-order valence-electron chi connectivity index (χ3n) is 4.71. The number of aromatic nitrogens is 1. The van der Waals surface area contributed by atoms with Gasteiger partial charge in [0.15, 0.2) is 0 Å². The minimum atomic E-state index is -0.497. The van der Waals surface area contributed by atoms with E-state index < -0.39 is 5.97 Å². The predicted molar refractivity (Wildman–Crippen MR) is 101 cm³/mol. The zero-order chi connectivity index (χ0) is 18.5. The topological polar surface area (TPSA) is 71.5 Å². The molecule has 1 saturated heterocycles. The van der Waals surface area contributed by atoms with Gasteiger partial charge in [0.2, 0.25) is 0 Å². The molecule has 0 atom stereocenters. The lowest BCUT2D eigenvalue weighted by atomic mass is 9.99. The fraction of sp³-hybridized carbons (Fsp3) is 0.350. The second-order valence-corrected chi connectivity index (χ2v) is 6.56. The fourth-order valence-electron chi connectivity index (χ4n) is 3.04. The van der Waals surface area contributed by atoms with Gasteiger partial charge in [-0.3, -0.25) is 4.79 Å². The summed E-state index contributed by atoms with van der Waals surface area (Å²) in [5, 5.41) is 2.73. The van der Waals surface area contributed by atoms with Gasteiger partial charge in [-0.1, -0.05) is 19.1 Å². The normalized spacial score (nSPS) is 14.8. The lowest BCUT2D eigenvalue weighted by Crippen LogP contribution is -2.32. The Morgan fingerprint density at radius 1 is 1.15 bits per heavy atom. The molecule has 6 nitrogen and oxygen atoms in total. The van der Waals surface area contributed by atoms with Crippen LogP contribution in [0.1, 0.15) is 40.6 Å². The number of nitrogens with one attached hydrogen (secondary N) is 1. The largest absolute Gasteiger partial charge is 0.465 e. The number of anilines is 2. The van der Waals surface area contributed by atoms with Crippen molar-refractivity contribution in [2.24, 2.45) is 5.92 Å². The van der Waals surface area contributed by atoms with Gasteiger partial charge in [0.25, 0.3) is 5.91 Å². The molecule has 1 aliphatic rings. The van der Waals surface area contributed by atoms with Crippen LogP contribution >= 0.6 is 0 Å². The molecule has 1 fully saturated rings. The van der Waals surface area contributed by atoms with E-state index in [1.54, 1.807) is 36.5 Å². The van der Waals surface area contributed by atoms with Crippen molar-refractivity contribution in [3.8, 4) is 0 Å². The minimum absolute atomic E-state index is 0.304. The molecule has 1 aromatic heterocycles. The predicted octanol–water partition coefficient (Wildman–Crippen LogP) is 3.36. The first-order valence-electron chi connectivity index (χ1n) is 8.78. The van der Waals surface area contributed by atoms with Crippen LogP contribution in [0.15, 0.2) is 42.6 Å². The van der Waals surface area contributed by atoms with Crippen LogP contribution in [0.3, 0.4) is 0 Å². The van der Waals surface area contributed by atoms with E-state index in [4.69, 9.17) is 4.74 Å². The number of pyridine rings is 1. The highest BCUT2D eigenvalue weighted by Crippen LogP contribution is 2.23. The molecule has 2 aromatic rings. The lowest BCUT2D eigenvalue weighted by Gasteiger charge is -2.31. The first-order chi connectivity index (χ1) is 12.6. The van der Waals surface area contributed by atoms with E-state index in [-0.39, 0.29) is 5.91 Å². The van der Waals surface area contributed by atoms with E-state index in [9.17, 15) is 9.59 Å². The molecule has 0 aliphatic carbocycles. The molecule has 3 rings (SSSR count). The molecule has 2 heterocycles. The quantitative estimate of drug-likeness (QED) is 0.854. The van der Waals surface area contributed by atoms with Crippen LogP contribution in [-0.4, -0.2) is 37.1 Å². The Bertz CT molecular complexity index is 781. The number of para-hydroxylation sites is 1. The molecule has 1 aromatic carbocycles. The van der Waals surface area contributed by atoms with E-state index in [0.29, 0.717) is 16.9 Å². The fourth-order valence-corrected chi connectivity index (χ4v) is 3.04. The number of esters is 1. The summed E-state index contributed by atoms with van der Waals surface area (Å²) in [6.45, 7) is 4.30. The summed E-state index contributed by atoms with van der Waals surface area (Å²) in [5.41, 5.74) is 2.05. The zero-order valence-corrected chi connectivity index (χ0v) is 15.1. The summed E-state index contributed by atoms with van der Waals surface area (Å²) in [6.07, 6.45) is 4.08. The SMILES string of the molecule is COC(=O)c1ccccc1NC(=O)c1ccc(N2CCC(C)CC2)cn1. The summed E-state index contributed by atoms with van der Waals surface area (Å²) in [7, 11) is 1.31. The van der Waals surface area contributed by atoms with Gasteiger partial charge < -0.3 is 15.0 Å². The molecule has 0 radical (unpaired) electrons. The molecule has 0 saturated carbocycles. The molecule has 136 valence electrons. The molecule has 0 unspecified atom stereocenters. The number of methoxy groups -OCH3 is 1. The molecule has 6 heteroatoms. The molecule has 1 aliphatic heterocycles. The average molecular weight is 353 g/mol. The van der Waals surface area contributed by atoms with Gasteiger partial charge in [-0.15, -0.1) is 0 Å². The Kier molecular flexibility index (Phi) is 5.51. The van der Waals surface area contributed by atoms with Crippen molar-refractivity contribution >= 4 is 23.3 Å². The maximum Gasteiger partial charge on any atom is 0.339 e. The van der Waals surface area contributed by atoms with Crippen LogP contribution in [-0.2, 0) is 4.74 Å². The maximum atomic E-state index is 12.5. The molecule has 1 N–H and O–H groups in total. The van der Waals surface area contributed by atoms with Gasteiger partial charge in [0, 0.05) is 13.1 Å². The second-order valence-electron chi connectivity index (χ2n) is 6.56. The van der Waals surface area contributed by atoms with Crippen molar-refractivity contribution in [2.75, 3.05) is 30.4 Å². The second kappa shape index (κ2) is 7.99. The van der Waals surface area contributed by atoms with Crippen LogP contribution < -0.4 is 10.2 Å². The lowest BCUT2D eigenvalue weighted by molar-refractivity contribution is 0.0602. The van der Waals surface area contributed by atoms with Crippen molar-refractivity contribution in [2.45, 2.75) is 19.8 Å². The maximum absolute atomic E-state index is 12.5. The minimum Gasteiger partial charge on any atom is -0.465 e. The Balaban J connectivity index is 1.70. The van der Waals surface area contributed by atoms with E-state index >= 15 is 0 Å². The molecular formula is C20H23N3O3. The number of carbonyl (C=O) groups excluding carboxylic acids is 2. The Morgan fingerprint density at radius 2 is 1.88 bits per heavy atom. The first kappa shape index (κ1) is 17.9. The Labute approximate surface area is 153 Å². The number of carbonyl (C=O) groups is 2. The summed E-state index contributed by atoms with van der Waals surface area (Å²) >= 11 is 0. The van der Waals surface area contributed by atoms with Crippen LogP contribution in [0.4, 0.5) is 11.4 Å². The van der Waals surface area contributed by atoms with Gasteiger partial charge in [-0.05, 0) is 43.0 Å². The molecule has 26 heavy (non-hydrogen) atoms. The number of benzene rings is 1. The third kappa shape index (κ3) is 4.02. The van der Waals surface area contributed by atoms with Crippen LogP contribution in [0.5, 0.6) is 0 Å². The zero-order valence-electron chi connectivity index (χ0n) is 15.1. The summed E-state index contributed by atoms with van der Waals surface area (Å²) in [4.78, 5) is 30.9. The van der Waals surface area contributed by atoms with Crippen molar-refractivity contribution in [3.63, 3.8) is 0 Å². The highest BCUT2D eigenvalue weighted by Gasteiger charge is 2.18. The molecular weight excluding hydrogens is 330 g/mol. The number of nitrogens with zero attached hydrogens (tertiary/aromatic N) is 2. The monoisotopic (exact) mass is 353 g/mol. The van der Waals surface area contributed by atoms with Gasteiger partial charge in [0.05, 0.1) is 30.2 Å². The summed E-state index contributed by atoms with van der Waals surface area (Å²) < 4.78 is 4.74. The van der Waals surface area contributed by atoms with Crippen molar-refractivity contribution in [1.29, 1.82) is 0 Å². The van der Waals surface area contributed by atoms with Gasteiger partial charge in [0.1, 0.15) is 5.69 Å². The average Bonchev–Trinajstić information content (AvgIpc) is 2.68. The first-order valence-corrected chi connectivity index (χ1v) is 8.78. The van der Waals surface area contributed by atoms with Gasteiger partial charge in [-0.25, -0.2) is 9.78 Å². The van der Waals surface area contributed by atoms with E-state index in [1.165, 1.54) is 20.0 Å². The van der Waals surface area contributed by atoms with Gasteiger partial charge in [-0.2, -0.15) is 0 Å². The van der Waals surface area contributed by atoms with Crippen LogP contribution in [0.25, 0.3) is 0 Å². The highest BCUT2D eigenvalue weighted by molar-refractivity contribution is 6.07. The Hall–Kier alpha value is -2.89. The standard InChI is InChI=1S/C20H23N3O3/c1-14-9-11-23(12-10-14)15-7-8-18(21-13-15)19(24)22-17-6-4-3-5-16(17)20(25)26-2/h3-8,13-14H,9-12H2,1-2H3,(H,22,24). The number of piperidine rings is 1. The Morgan fingerprint density at radius 3 is 2.54 bits per heavy atom. The van der Waals surface area contributed by atoms with Crippen molar-refractivity contribution in [3.05, 3.63) is 53.9 Å². The molecule has 0 bridgehead atoms. The number of rotatable bonds is 4. The van der Waals surface area contributed by atoms with Crippen LogP contribution in [0.2, 0.25) is 0 Å². The van der Waals surface area contributed by atoms with Crippen LogP contribution in [0, 0.1) is 5.92 Å². The number of hydrogen-bond donors (Lipinski definition) is 1. The number of amides is 1. The van der Waals surface area contributed by atoms with Gasteiger partial charge >= 0.3 is 5.97 Å². The smallest absolute Gasteiger partial charge is 0.339 e. The molecule has 1 amide bonds.